The van der Waals surface area contributed by atoms with E-state index in [1.807, 2.05) is 19.1 Å². The lowest BCUT2D eigenvalue weighted by atomic mass is 10.1. The Kier molecular flexibility index (Phi) is 9.89. The Labute approximate surface area is 159 Å². The highest BCUT2D eigenvalue weighted by Crippen LogP contribution is 2.10. The first-order chi connectivity index (χ1) is 10.8. The zero-order valence-electron chi connectivity index (χ0n) is 13.5. The quantitative estimate of drug-likeness (QED) is 0.388. The van der Waals surface area contributed by atoms with Crippen LogP contribution in [0.3, 0.4) is 0 Å². The van der Waals surface area contributed by atoms with Gasteiger partial charge in [-0.05, 0) is 40.4 Å². The molecule has 1 heterocycles. The Hall–Kier alpha value is -1.12. The first-order valence-corrected chi connectivity index (χ1v) is 8.38. The molecule has 0 amide bonds. The number of aliphatic imine (C=N–C) groups is 1. The summed E-state index contributed by atoms with van der Waals surface area (Å²) in [7, 11) is 1.79. The smallest absolute Gasteiger partial charge is 0.191 e. The number of hydrogen-bond donors (Lipinski definition) is 2. The number of nitrogens with one attached hydrogen (secondary N) is 2. The van der Waals surface area contributed by atoms with Crippen molar-refractivity contribution in [2.75, 3.05) is 13.7 Å². The highest BCUT2D eigenvalue weighted by atomic mass is 127. The Bertz CT molecular complexity index is 587. The van der Waals surface area contributed by atoms with Gasteiger partial charge in [-0.1, -0.05) is 24.3 Å². The van der Waals surface area contributed by atoms with E-state index in [1.54, 1.807) is 18.4 Å². The van der Waals surface area contributed by atoms with Crippen molar-refractivity contribution in [3.05, 3.63) is 57.8 Å². The lowest BCUT2D eigenvalue weighted by Crippen LogP contribution is -2.36. The molecule has 6 heteroatoms. The summed E-state index contributed by atoms with van der Waals surface area (Å²) >= 11 is 1.70. The predicted molar refractivity (Wildman–Crippen MR) is 109 cm³/mol. The zero-order chi connectivity index (χ0) is 15.6. The molecule has 2 aromatic rings. The maximum absolute atomic E-state index is 5.52. The molecule has 2 N–H and O–H groups in total. The largest absolute Gasteiger partial charge is 0.377 e. The molecule has 0 unspecified atom stereocenters. The zero-order valence-corrected chi connectivity index (χ0v) is 16.7. The van der Waals surface area contributed by atoms with Crippen molar-refractivity contribution >= 4 is 41.3 Å². The summed E-state index contributed by atoms with van der Waals surface area (Å²) in [5.74, 6) is 0.803. The molecule has 0 aliphatic rings. The van der Waals surface area contributed by atoms with E-state index in [1.165, 1.54) is 16.7 Å². The van der Waals surface area contributed by atoms with E-state index in [0.717, 1.165) is 25.7 Å². The van der Waals surface area contributed by atoms with Crippen LogP contribution in [0.4, 0.5) is 0 Å². The summed E-state index contributed by atoms with van der Waals surface area (Å²) in [5, 5.41) is 10.9. The molecule has 1 aromatic heterocycles. The summed E-state index contributed by atoms with van der Waals surface area (Å²) in [6.07, 6.45) is 0. The normalized spacial score (nSPS) is 11.0. The van der Waals surface area contributed by atoms with Crippen LogP contribution in [0.15, 0.2) is 46.1 Å². The second kappa shape index (κ2) is 11.4. The molecule has 0 saturated heterocycles. The van der Waals surface area contributed by atoms with Crippen LogP contribution < -0.4 is 10.6 Å². The fourth-order valence-electron chi connectivity index (χ4n) is 2.06. The van der Waals surface area contributed by atoms with E-state index >= 15 is 0 Å². The third kappa shape index (κ3) is 6.88. The van der Waals surface area contributed by atoms with Crippen LogP contribution in [0, 0.1) is 0 Å². The van der Waals surface area contributed by atoms with E-state index < -0.39 is 0 Å². The lowest BCUT2D eigenvalue weighted by Gasteiger charge is -2.14. The van der Waals surface area contributed by atoms with Crippen molar-refractivity contribution in [2.24, 2.45) is 4.99 Å². The second-order valence-electron chi connectivity index (χ2n) is 4.82. The molecule has 0 fully saturated rings. The molecule has 0 spiro atoms. The van der Waals surface area contributed by atoms with Gasteiger partial charge in [0.15, 0.2) is 5.96 Å². The third-order valence-corrected chi connectivity index (χ3v) is 4.02. The van der Waals surface area contributed by atoms with Gasteiger partial charge in [-0.2, -0.15) is 11.3 Å². The Balaban J connectivity index is 0.00000264. The molecule has 1 aromatic carbocycles. The number of benzene rings is 1. The molecule has 126 valence electrons. The van der Waals surface area contributed by atoms with E-state index in [4.69, 9.17) is 4.74 Å². The molecular weight excluding hydrogens is 421 g/mol. The van der Waals surface area contributed by atoms with Gasteiger partial charge in [-0.25, -0.2) is 0 Å². The fourth-order valence-corrected chi connectivity index (χ4v) is 2.73. The molecule has 0 aliphatic carbocycles. The van der Waals surface area contributed by atoms with Gasteiger partial charge in [0.1, 0.15) is 0 Å². The van der Waals surface area contributed by atoms with Gasteiger partial charge in [0.05, 0.1) is 6.61 Å². The van der Waals surface area contributed by atoms with Crippen LogP contribution in [0.1, 0.15) is 23.6 Å². The minimum atomic E-state index is 0. The summed E-state index contributed by atoms with van der Waals surface area (Å²) in [6.45, 7) is 4.90. The second-order valence-corrected chi connectivity index (χ2v) is 5.60. The standard InChI is InChI=1S/C17H23N3OS.HI/c1-3-21-12-16-7-5-4-6-15(16)11-20-17(18-2)19-10-14-8-9-22-13-14;/h4-9,13H,3,10-12H2,1-2H3,(H2,18,19,20);1H. The molecule has 0 aliphatic heterocycles. The molecule has 2 rings (SSSR count). The Morgan fingerprint density at radius 3 is 2.52 bits per heavy atom. The average molecular weight is 445 g/mol. The van der Waals surface area contributed by atoms with Crippen LogP contribution in [0.5, 0.6) is 0 Å². The number of hydrogen-bond acceptors (Lipinski definition) is 3. The molecule has 0 saturated carbocycles. The monoisotopic (exact) mass is 445 g/mol. The van der Waals surface area contributed by atoms with Gasteiger partial charge in [-0.3, -0.25) is 4.99 Å². The van der Waals surface area contributed by atoms with Gasteiger partial charge < -0.3 is 15.4 Å². The number of halogens is 1. The number of guanidine groups is 1. The van der Waals surface area contributed by atoms with Crippen molar-refractivity contribution in [2.45, 2.75) is 26.6 Å². The molecule has 23 heavy (non-hydrogen) atoms. The highest BCUT2D eigenvalue weighted by molar-refractivity contribution is 14.0. The molecule has 0 bridgehead atoms. The molecule has 4 nitrogen and oxygen atoms in total. The average Bonchev–Trinajstić information content (AvgIpc) is 3.07. The molecule has 0 atom stereocenters. The van der Waals surface area contributed by atoms with E-state index in [-0.39, 0.29) is 24.0 Å². The van der Waals surface area contributed by atoms with E-state index in [0.29, 0.717) is 6.61 Å². The summed E-state index contributed by atoms with van der Waals surface area (Å²) in [4.78, 5) is 4.26. The van der Waals surface area contributed by atoms with Crippen molar-refractivity contribution in [1.29, 1.82) is 0 Å². The van der Waals surface area contributed by atoms with Gasteiger partial charge in [0.2, 0.25) is 0 Å². The number of nitrogens with zero attached hydrogens (tertiary/aromatic N) is 1. The van der Waals surface area contributed by atoms with Crippen molar-refractivity contribution in [3.63, 3.8) is 0 Å². The maximum atomic E-state index is 5.52. The van der Waals surface area contributed by atoms with Crippen molar-refractivity contribution in [3.8, 4) is 0 Å². The number of thiophene rings is 1. The first kappa shape index (κ1) is 19.9. The summed E-state index contributed by atoms with van der Waals surface area (Å²) in [6, 6.07) is 10.4. The van der Waals surface area contributed by atoms with Crippen molar-refractivity contribution < 1.29 is 4.74 Å². The Morgan fingerprint density at radius 1 is 1.13 bits per heavy atom. The number of ether oxygens (including phenoxy) is 1. The Morgan fingerprint density at radius 2 is 1.87 bits per heavy atom. The summed E-state index contributed by atoms with van der Waals surface area (Å²) in [5.41, 5.74) is 3.71. The van der Waals surface area contributed by atoms with Crippen LogP contribution in [-0.4, -0.2) is 19.6 Å². The lowest BCUT2D eigenvalue weighted by molar-refractivity contribution is 0.133. The third-order valence-electron chi connectivity index (χ3n) is 3.29. The van der Waals surface area contributed by atoms with E-state index in [9.17, 15) is 0 Å². The predicted octanol–water partition coefficient (Wildman–Crippen LogP) is 3.77. The minimum Gasteiger partial charge on any atom is -0.377 e. The van der Waals surface area contributed by atoms with Crippen molar-refractivity contribution in [1.82, 2.24) is 10.6 Å². The highest BCUT2D eigenvalue weighted by Gasteiger charge is 2.04. The van der Waals surface area contributed by atoms with Crippen LogP contribution in [0.25, 0.3) is 0 Å². The van der Waals surface area contributed by atoms with Crippen LogP contribution >= 0.6 is 35.3 Å². The topological polar surface area (TPSA) is 45.6 Å². The van der Waals surface area contributed by atoms with Crippen LogP contribution in [-0.2, 0) is 24.4 Å². The van der Waals surface area contributed by atoms with Gasteiger partial charge >= 0.3 is 0 Å². The minimum absolute atomic E-state index is 0. The number of rotatable bonds is 7. The molecular formula is C17H24IN3OS. The molecule has 0 radical (unpaired) electrons. The first-order valence-electron chi connectivity index (χ1n) is 7.43. The van der Waals surface area contributed by atoms with Gasteiger partial charge in [-0.15, -0.1) is 24.0 Å². The van der Waals surface area contributed by atoms with E-state index in [2.05, 4.69) is 44.6 Å². The fraction of sp³-hybridized carbons (Fsp3) is 0.353. The summed E-state index contributed by atoms with van der Waals surface area (Å²) < 4.78 is 5.52. The van der Waals surface area contributed by atoms with Crippen LogP contribution in [0.2, 0.25) is 0 Å². The maximum Gasteiger partial charge on any atom is 0.191 e. The van der Waals surface area contributed by atoms with Gasteiger partial charge in [0, 0.05) is 26.7 Å². The SMILES string of the molecule is CCOCc1ccccc1CNC(=NC)NCc1ccsc1.I. The van der Waals surface area contributed by atoms with Gasteiger partial charge in [0.25, 0.3) is 0 Å².